The molecule has 4 aromatic carbocycles. The molecular formula is C48H46N6O10S2. The summed E-state index contributed by atoms with van der Waals surface area (Å²) in [6.45, 7) is 5.85. The van der Waals surface area contributed by atoms with Gasteiger partial charge in [0.1, 0.15) is 33.9 Å². The third-order valence-corrected chi connectivity index (χ3v) is 14.3. The molecular weight excluding hydrogens is 885 g/mol. The number of anilines is 1. The maximum Gasteiger partial charge on any atom is 0.353 e. The van der Waals surface area contributed by atoms with Gasteiger partial charge in [-0.25, -0.2) is 14.6 Å². The summed E-state index contributed by atoms with van der Waals surface area (Å²) in [6, 6.07) is 31.0. The Labute approximate surface area is 386 Å². The van der Waals surface area contributed by atoms with Gasteiger partial charge in [-0.1, -0.05) is 96.2 Å². The van der Waals surface area contributed by atoms with Crippen LogP contribution in [0, 0.1) is 0 Å². The van der Waals surface area contributed by atoms with Gasteiger partial charge in [0.2, 0.25) is 5.60 Å². The Balaban J connectivity index is 1.02. The third-order valence-electron chi connectivity index (χ3n) is 11.9. The fourth-order valence-electron chi connectivity index (χ4n) is 8.60. The van der Waals surface area contributed by atoms with Gasteiger partial charge in [-0.2, -0.15) is 0 Å². The first-order valence-corrected chi connectivity index (χ1v) is 23.5. The number of hydrogen-bond acceptors (Lipinski definition) is 14. The van der Waals surface area contributed by atoms with E-state index in [1.54, 1.807) is 26.2 Å². The van der Waals surface area contributed by atoms with Crippen LogP contribution in [0.4, 0.5) is 5.13 Å². The minimum atomic E-state index is -1.86. The minimum absolute atomic E-state index is 0.0399. The number of rotatable bonds is 14. The van der Waals surface area contributed by atoms with E-state index in [9.17, 15) is 38.7 Å². The summed E-state index contributed by atoms with van der Waals surface area (Å²) in [7, 11) is -1.86. The molecule has 5 N–H and O–H groups in total. The van der Waals surface area contributed by atoms with Gasteiger partial charge in [-0.15, -0.1) is 11.3 Å². The van der Waals surface area contributed by atoms with E-state index < -0.39 is 62.7 Å². The third kappa shape index (κ3) is 8.31. The van der Waals surface area contributed by atoms with E-state index in [0.717, 1.165) is 32.7 Å². The molecule has 5 aromatic rings. The van der Waals surface area contributed by atoms with Crippen LogP contribution < -0.4 is 10.6 Å². The first-order chi connectivity index (χ1) is 31.6. The van der Waals surface area contributed by atoms with E-state index in [2.05, 4.69) is 15.8 Å². The van der Waals surface area contributed by atoms with Gasteiger partial charge in [-0.3, -0.25) is 23.6 Å². The van der Waals surface area contributed by atoms with Crippen molar-refractivity contribution in [2.45, 2.75) is 74.9 Å². The van der Waals surface area contributed by atoms with Crippen LogP contribution >= 0.6 is 11.3 Å². The average molecular weight is 931 g/mol. The van der Waals surface area contributed by atoms with Gasteiger partial charge in [0.05, 0.1) is 16.6 Å². The summed E-state index contributed by atoms with van der Waals surface area (Å²) in [5, 5.41) is 41.7. The van der Waals surface area contributed by atoms with Crippen molar-refractivity contribution < 1.29 is 48.3 Å². The molecule has 9 rings (SSSR count). The number of β-lactam (4-membered cyclic amide) rings is 1. The molecule has 4 heterocycles. The number of thiazole rings is 1. The molecule has 1 saturated carbocycles. The molecule has 2 fully saturated rings. The number of aromatic nitrogens is 1. The number of nitrogens with zero attached hydrogens (tertiary/aromatic N) is 4. The molecule has 4 aliphatic rings. The molecule has 0 spiro atoms. The van der Waals surface area contributed by atoms with E-state index in [1.807, 2.05) is 95.9 Å². The Bertz CT molecular complexity index is 2700. The smallest absolute Gasteiger partial charge is 0.353 e. The SMILES string of the molecule is CC(C)(C)OC(=O)C1(O/N=C(\C(=O)NC2C(=O)N3C(C(=O)O)=C(CN4Cc5cc(O)c(O)cc5C4)CS(=O)[C@H]23)c2csc(NC(c3ccccc3)(c3ccccc3)c3ccccc3)n2)CC1. The zero-order chi connectivity index (χ0) is 46.5. The van der Waals surface area contributed by atoms with Crippen LogP contribution in [0.5, 0.6) is 11.5 Å². The standard InChI is InChI=1S/C48H46N6O10S2/c1-46(2,3)63-44(61)47(19-20-47)64-52-37(34-26-65-45(49-34)51-48(31-13-7-4-8-14-31,32-15-9-5-10-16-32)33-17-11-6-12-18-33)40(57)50-38-41(58)54-39(43(59)60)30(27-66(62)42(38)54)25-53-23-28-21-35(55)36(56)22-29(28)24-53/h4-18,21-22,26,38,42,55-56H,19-20,23-25,27H2,1-3H3,(H,49,51)(H,50,57)(H,59,60)/b52-37-/t38?,42-,66?/m1/s1. The normalized spacial score (nSPS) is 20.2. The van der Waals surface area contributed by atoms with E-state index in [0.29, 0.717) is 18.2 Å². The van der Waals surface area contributed by atoms with Gasteiger partial charge in [-0.05, 0) is 66.3 Å². The molecule has 340 valence electrons. The van der Waals surface area contributed by atoms with Crippen molar-refractivity contribution in [3.8, 4) is 11.5 Å². The summed E-state index contributed by atoms with van der Waals surface area (Å²) < 4.78 is 19.6. The lowest BCUT2D eigenvalue weighted by Crippen LogP contribution is -2.74. The maximum absolute atomic E-state index is 14.5. The van der Waals surface area contributed by atoms with Gasteiger partial charge < -0.3 is 35.5 Å². The summed E-state index contributed by atoms with van der Waals surface area (Å²) in [6.07, 6.45) is 0.548. The molecule has 0 radical (unpaired) electrons. The lowest BCUT2D eigenvalue weighted by molar-refractivity contribution is -0.172. The number of esters is 1. The van der Waals surface area contributed by atoms with Crippen LogP contribution in [0.1, 0.15) is 67.1 Å². The van der Waals surface area contributed by atoms with Gasteiger partial charge in [0, 0.05) is 37.9 Å². The molecule has 18 heteroatoms. The molecule has 1 aliphatic carbocycles. The van der Waals surface area contributed by atoms with Crippen molar-refractivity contribution in [1.82, 2.24) is 20.1 Å². The fourth-order valence-corrected chi connectivity index (χ4v) is 11.0. The highest BCUT2D eigenvalue weighted by atomic mass is 32.2. The van der Waals surface area contributed by atoms with Crippen LogP contribution in [-0.4, -0.2) is 98.7 Å². The highest BCUT2D eigenvalue weighted by molar-refractivity contribution is 7.86. The van der Waals surface area contributed by atoms with Gasteiger partial charge >= 0.3 is 11.9 Å². The number of fused-ring (bicyclic) bond motifs is 2. The van der Waals surface area contributed by atoms with Crippen molar-refractivity contribution >= 4 is 56.7 Å². The molecule has 16 nitrogen and oxygen atoms in total. The number of carbonyl (C=O) groups is 4. The number of benzene rings is 4. The zero-order valence-corrected chi connectivity index (χ0v) is 37.7. The maximum atomic E-state index is 14.5. The number of nitrogens with one attached hydrogen (secondary N) is 2. The monoisotopic (exact) mass is 930 g/mol. The predicted molar refractivity (Wildman–Crippen MR) is 244 cm³/mol. The number of amides is 2. The number of aromatic hydroxyl groups is 2. The van der Waals surface area contributed by atoms with Crippen molar-refractivity contribution in [2.75, 3.05) is 17.6 Å². The zero-order valence-electron chi connectivity index (χ0n) is 36.1. The van der Waals surface area contributed by atoms with Crippen molar-refractivity contribution in [1.29, 1.82) is 0 Å². The number of phenolic OH excluding ortho intramolecular Hbond substituents is 2. The lowest BCUT2D eigenvalue weighted by Gasteiger charge is -2.49. The highest BCUT2D eigenvalue weighted by Gasteiger charge is 2.59. The quantitative estimate of drug-likeness (QED) is 0.0238. The Morgan fingerprint density at radius 1 is 0.894 bits per heavy atom. The molecule has 1 saturated heterocycles. The summed E-state index contributed by atoms with van der Waals surface area (Å²) in [5.74, 6) is -4.53. The van der Waals surface area contributed by atoms with Gasteiger partial charge in [0.15, 0.2) is 22.3 Å². The minimum Gasteiger partial charge on any atom is -0.504 e. The number of carboxylic acids is 1. The predicted octanol–water partition coefficient (Wildman–Crippen LogP) is 5.32. The molecule has 66 heavy (non-hydrogen) atoms. The van der Waals surface area contributed by atoms with Crippen LogP contribution in [0.3, 0.4) is 0 Å². The van der Waals surface area contributed by atoms with Crippen molar-refractivity contribution in [2.24, 2.45) is 5.16 Å². The number of carboxylic acid groups (broad SMARTS) is 1. The number of hydrogen-bond donors (Lipinski definition) is 5. The summed E-state index contributed by atoms with van der Waals surface area (Å²) >= 11 is 1.19. The highest BCUT2D eigenvalue weighted by Crippen LogP contribution is 2.44. The van der Waals surface area contributed by atoms with Crippen LogP contribution in [0.15, 0.2) is 125 Å². The topological polar surface area (TPSA) is 220 Å². The molecule has 3 aliphatic heterocycles. The molecule has 0 bridgehead atoms. The second-order valence-corrected chi connectivity index (χ2v) is 20.0. The number of phenols is 2. The Hall–Kier alpha value is -6.89. The van der Waals surface area contributed by atoms with E-state index >= 15 is 0 Å². The first-order valence-electron chi connectivity index (χ1n) is 21.2. The Kier molecular flexibility index (Phi) is 11.5. The fraction of sp³-hybridized carbons (Fsp3) is 0.292. The molecule has 1 aromatic heterocycles. The number of oxime groups is 1. The largest absolute Gasteiger partial charge is 0.504 e. The summed E-state index contributed by atoms with van der Waals surface area (Å²) in [5.41, 5.74) is 0.514. The Morgan fingerprint density at radius 3 is 1.94 bits per heavy atom. The second kappa shape index (κ2) is 17.2. The molecule has 2 unspecified atom stereocenters. The molecule has 3 atom stereocenters. The number of aliphatic carboxylic acids is 1. The second-order valence-electron chi connectivity index (χ2n) is 17.6. The lowest BCUT2D eigenvalue weighted by atomic mass is 9.77. The first kappa shape index (κ1) is 44.3. The van der Waals surface area contributed by atoms with E-state index in [4.69, 9.17) is 14.6 Å². The van der Waals surface area contributed by atoms with Crippen molar-refractivity contribution in [3.63, 3.8) is 0 Å². The molecule has 2 amide bonds. The van der Waals surface area contributed by atoms with Crippen LogP contribution in [0.2, 0.25) is 0 Å². The summed E-state index contributed by atoms with van der Waals surface area (Å²) in [4.78, 5) is 68.1. The van der Waals surface area contributed by atoms with Crippen molar-refractivity contribution in [3.05, 3.63) is 153 Å². The van der Waals surface area contributed by atoms with Crippen LogP contribution in [0.25, 0.3) is 0 Å². The number of ether oxygens (including phenoxy) is 1. The van der Waals surface area contributed by atoms with E-state index in [-0.39, 0.29) is 59.3 Å². The van der Waals surface area contributed by atoms with Crippen LogP contribution in [-0.2, 0) is 58.2 Å². The van der Waals surface area contributed by atoms with E-state index in [1.165, 1.54) is 23.5 Å². The average Bonchev–Trinajstić information content (AvgIpc) is 3.79. The van der Waals surface area contributed by atoms with Gasteiger partial charge in [0.25, 0.3) is 11.8 Å². The number of carbonyl (C=O) groups excluding carboxylic acids is 3. The Morgan fingerprint density at radius 2 is 1.44 bits per heavy atom.